The number of rotatable bonds is 8. The van der Waals surface area contributed by atoms with Crippen molar-refractivity contribution in [3.63, 3.8) is 0 Å². The molecule has 0 bridgehead atoms. The van der Waals surface area contributed by atoms with Crippen LogP contribution >= 0.6 is 0 Å². The van der Waals surface area contributed by atoms with Gasteiger partial charge in [0.15, 0.2) is 0 Å². The van der Waals surface area contributed by atoms with Gasteiger partial charge in [0.25, 0.3) is 5.69 Å². The van der Waals surface area contributed by atoms with Crippen molar-refractivity contribution in [2.24, 2.45) is 0 Å². The van der Waals surface area contributed by atoms with Crippen molar-refractivity contribution in [3.05, 3.63) is 70.3 Å². The number of nitro benzene ring substituents is 1. The molecule has 1 atom stereocenters. The number of para-hydroxylation sites is 1. The molecule has 2 aromatic rings. The van der Waals surface area contributed by atoms with E-state index in [9.17, 15) is 23.3 Å². The fourth-order valence-electron chi connectivity index (χ4n) is 2.28. The third-order valence-electron chi connectivity index (χ3n) is 3.95. The summed E-state index contributed by atoms with van der Waals surface area (Å²) in [6.07, 6.45) is 3.19. The molecule has 0 aromatic heterocycles. The maximum atomic E-state index is 12.2. The van der Waals surface area contributed by atoms with Gasteiger partial charge in [-0.25, -0.2) is 13.1 Å². The molecule has 0 aliphatic rings. The zero-order chi connectivity index (χ0) is 20.7. The molecular weight excluding hydrogens is 382 g/mol. The van der Waals surface area contributed by atoms with Crippen LogP contribution in [0.15, 0.2) is 59.5 Å². The van der Waals surface area contributed by atoms with E-state index in [2.05, 4.69) is 10.0 Å². The Morgan fingerprint density at radius 2 is 1.82 bits per heavy atom. The van der Waals surface area contributed by atoms with Crippen molar-refractivity contribution in [2.75, 3.05) is 5.32 Å². The van der Waals surface area contributed by atoms with Crippen molar-refractivity contribution in [1.82, 2.24) is 4.72 Å². The maximum Gasteiger partial charge on any atom is 0.276 e. The van der Waals surface area contributed by atoms with E-state index in [1.807, 2.05) is 6.92 Å². The van der Waals surface area contributed by atoms with Gasteiger partial charge < -0.3 is 5.32 Å². The van der Waals surface area contributed by atoms with Crippen LogP contribution in [0.5, 0.6) is 0 Å². The van der Waals surface area contributed by atoms with Gasteiger partial charge in [0.05, 0.1) is 15.4 Å². The van der Waals surface area contributed by atoms with Crippen LogP contribution in [-0.2, 0) is 14.8 Å². The molecule has 0 aliphatic carbocycles. The Morgan fingerprint density at radius 3 is 2.43 bits per heavy atom. The summed E-state index contributed by atoms with van der Waals surface area (Å²) in [5.41, 5.74) is 0.606. The fourth-order valence-corrected chi connectivity index (χ4v) is 3.60. The van der Waals surface area contributed by atoms with E-state index in [0.29, 0.717) is 17.7 Å². The Kier molecular flexibility index (Phi) is 7.02. The molecule has 0 heterocycles. The van der Waals surface area contributed by atoms with Crippen LogP contribution in [-0.4, -0.2) is 25.3 Å². The molecule has 0 saturated carbocycles. The van der Waals surface area contributed by atoms with Gasteiger partial charge in [-0.15, -0.1) is 0 Å². The number of anilines is 1. The first-order chi connectivity index (χ1) is 13.2. The molecule has 2 aromatic carbocycles. The highest BCUT2D eigenvalue weighted by Gasteiger charge is 2.16. The molecule has 28 heavy (non-hydrogen) atoms. The topological polar surface area (TPSA) is 118 Å². The van der Waals surface area contributed by atoms with Crippen LogP contribution in [0.25, 0.3) is 6.08 Å². The van der Waals surface area contributed by atoms with Crippen molar-refractivity contribution < 1.29 is 18.1 Å². The van der Waals surface area contributed by atoms with Crippen LogP contribution in [0, 0.1) is 10.1 Å². The van der Waals surface area contributed by atoms with Crippen molar-refractivity contribution >= 4 is 33.4 Å². The van der Waals surface area contributed by atoms with Crippen LogP contribution in [0.4, 0.5) is 11.4 Å². The molecule has 0 spiro atoms. The smallest absolute Gasteiger partial charge is 0.276 e. The number of carbonyl (C=O) groups excluding carboxylic acids is 1. The second-order valence-corrected chi connectivity index (χ2v) is 7.81. The van der Waals surface area contributed by atoms with Crippen molar-refractivity contribution in [3.8, 4) is 0 Å². The van der Waals surface area contributed by atoms with Gasteiger partial charge in [0.1, 0.15) is 0 Å². The van der Waals surface area contributed by atoms with Gasteiger partial charge in [-0.1, -0.05) is 19.1 Å². The molecule has 8 nitrogen and oxygen atoms in total. The highest BCUT2D eigenvalue weighted by Crippen LogP contribution is 2.19. The SMILES string of the molecule is CCC(C)NS(=O)(=O)c1ccc(NC(=O)C=Cc2ccccc2[N+](=O)[O-])cc1. The predicted molar refractivity (Wildman–Crippen MR) is 107 cm³/mol. The fraction of sp³-hybridized carbons (Fsp3) is 0.211. The average molecular weight is 403 g/mol. The van der Waals surface area contributed by atoms with E-state index in [1.165, 1.54) is 48.6 Å². The van der Waals surface area contributed by atoms with Crippen molar-refractivity contribution in [2.45, 2.75) is 31.2 Å². The summed E-state index contributed by atoms with van der Waals surface area (Å²) in [6.45, 7) is 3.65. The van der Waals surface area contributed by atoms with Gasteiger partial charge in [-0.3, -0.25) is 14.9 Å². The number of nitrogens with zero attached hydrogens (tertiary/aromatic N) is 1. The molecule has 1 amide bonds. The minimum Gasteiger partial charge on any atom is -0.323 e. The summed E-state index contributed by atoms with van der Waals surface area (Å²) in [6, 6.07) is 11.6. The quantitative estimate of drug-likeness (QED) is 0.398. The molecule has 9 heteroatoms. The lowest BCUT2D eigenvalue weighted by Crippen LogP contribution is -2.31. The Bertz CT molecular complexity index is 985. The summed E-state index contributed by atoms with van der Waals surface area (Å²) in [5.74, 6) is -0.494. The largest absolute Gasteiger partial charge is 0.323 e. The molecule has 0 saturated heterocycles. The number of benzene rings is 2. The normalized spacial score (nSPS) is 12.6. The second-order valence-electron chi connectivity index (χ2n) is 6.09. The van der Waals surface area contributed by atoms with E-state index < -0.39 is 20.9 Å². The molecule has 2 N–H and O–H groups in total. The number of amides is 1. The van der Waals surface area contributed by atoms with Gasteiger partial charge >= 0.3 is 0 Å². The molecule has 1 unspecified atom stereocenters. The van der Waals surface area contributed by atoms with Gasteiger partial charge in [0, 0.05) is 23.9 Å². The number of nitrogens with one attached hydrogen (secondary N) is 2. The number of nitro groups is 1. The van der Waals surface area contributed by atoms with E-state index in [0.717, 1.165) is 0 Å². The second kappa shape index (κ2) is 9.25. The van der Waals surface area contributed by atoms with E-state index in [4.69, 9.17) is 0 Å². The van der Waals surface area contributed by atoms with Gasteiger partial charge in [-0.2, -0.15) is 0 Å². The third-order valence-corrected chi connectivity index (χ3v) is 5.55. The summed E-state index contributed by atoms with van der Waals surface area (Å²) in [4.78, 5) is 22.6. The Labute approximate surface area is 163 Å². The van der Waals surface area contributed by atoms with Crippen LogP contribution in [0.1, 0.15) is 25.8 Å². The van der Waals surface area contributed by atoms with Crippen LogP contribution < -0.4 is 10.0 Å². The summed E-state index contributed by atoms with van der Waals surface area (Å²) in [5, 5.41) is 13.6. The average Bonchev–Trinajstić information content (AvgIpc) is 2.66. The molecular formula is C19H21N3O5S. The number of sulfonamides is 1. The molecule has 2 rings (SSSR count). The lowest BCUT2D eigenvalue weighted by atomic mass is 10.1. The minimum atomic E-state index is -3.62. The predicted octanol–water partition coefficient (Wildman–Crippen LogP) is 3.32. The highest BCUT2D eigenvalue weighted by atomic mass is 32.2. The molecule has 0 aliphatic heterocycles. The van der Waals surface area contributed by atoms with Crippen molar-refractivity contribution in [1.29, 1.82) is 0 Å². The summed E-state index contributed by atoms with van der Waals surface area (Å²) < 4.78 is 27.0. The molecule has 0 radical (unpaired) electrons. The number of hydrogen-bond donors (Lipinski definition) is 2. The summed E-state index contributed by atoms with van der Waals surface area (Å²) in [7, 11) is -3.62. The first kappa shape index (κ1) is 21.3. The lowest BCUT2D eigenvalue weighted by molar-refractivity contribution is -0.385. The van der Waals surface area contributed by atoms with Gasteiger partial charge in [-0.05, 0) is 49.8 Å². The minimum absolute atomic E-state index is 0.0984. The monoisotopic (exact) mass is 403 g/mol. The summed E-state index contributed by atoms with van der Waals surface area (Å²) >= 11 is 0. The molecule has 148 valence electrons. The first-order valence-electron chi connectivity index (χ1n) is 8.58. The zero-order valence-electron chi connectivity index (χ0n) is 15.5. The number of hydrogen-bond acceptors (Lipinski definition) is 5. The maximum absolute atomic E-state index is 12.2. The van der Waals surface area contributed by atoms with Gasteiger partial charge in [0.2, 0.25) is 15.9 Å². The Hall–Kier alpha value is -3.04. The third kappa shape index (κ3) is 5.73. The Morgan fingerprint density at radius 1 is 1.18 bits per heavy atom. The lowest BCUT2D eigenvalue weighted by Gasteiger charge is -2.12. The van der Waals surface area contributed by atoms with E-state index >= 15 is 0 Å². The standard InChI is InChI=1S/C19H21N3O5S/c1-3-14(2)21-28(26,27)17-11-9-16(10-12-17)20-19(23)13-8-15-6-4-5-7-18(15)22(24)25/h4-14,21H,3H2,1-2H3,(H,20,23). The highest BCUT2D eigenvalue weighted by molar-refractivity contribution is 7.89. The Balaban J connectivity index is 2.06. The van der Waals surface area contributed by atoms with Crippen LogP contribution in [0.2, 0.25) is 0 Å². The first-order valence-corrected chi connectivity index (χ1v) is 10.1. The van der Waals surface area contributed by atoms with E-state index in [-0.39, 0.29) is 16.6 Å². The zero-order valence-corrected chi connectivity index (χ0v) is 16.3. The van der Waals surface area contributed by atoms with E-state index in [1.54, 1.807) is 19.1 Å². The number of carbonyl (C=O) groups is 1. The van der Waals surface area contributed by atoms with Crippen LogP contribution in [0.3, 0.4) is 0 Å². The molecule has 0 fully saturated rings.